The van der Waals surface area contributed by atoms with Gasteiger partial charge in [-0.25, -0.2) is 13.4 Å². The molecule has 9 heteroatoms. The lowest BCUT2D eigenvalue weighted by molar-refractivity contribution is 0.102. The van der Waals surface area contributed by atoms with Crippen LogP contribution >= 0.6 is 23.2 Å². The Morgan fingerprint density at radius 1 is 0.963 bits per heavy atom. The van der Waals surface area contributed by atoms with Gasteiger partial charge in [-0.1, -0.05) is 29.3 Å². The number of aromatic nitrogens is 1. The Bertz CT molecular complexity index is 1070. The third kappa shape index (κ3) is 4.77. The molecule has 0 fully saturated rings. The first-order chi connectivity index (χ1) is 12.8. The Morgan fingerprint density at radius 2 is 1.70 bits per heavy atom. The molecule has 0 aliphatic carbocycles. The monoisotopic (exact) mass is 421 g/mol. The molecule has 0 saturated heterocycles. The predicted octanol–water partition coefficient (Wildman–Crippen LogP) is 4.44. The molecule has 27 heavy (non-hydrogen) atoms. The van der Waals surface area contributed by atoms with Gasteiger partial charge in [0.1, 0.15) is 10.7 Å². The van der Waals surface area contributed by atoms with E-state index in [0.29, 0.717) is 16.5 Å². The first-order valence-corrected chi connectivity index (χ1v) is 9.89. The predicted molar refractivity (Wildman–Crippen MR) is 106 cm³/mol. The molecular weight excluding hydrogens is 409 g/mol. The van der Waals surface area contributed by atoms with Crippen LogP contribution in [0.5, 0.6) is 0 Å². The Balaban J connectivity index is 1.88. The van der Waals surface area contributed by atoms with Crippen LogP contribution in [0.15, 0.2) is 71.8 Å². The molecule has 2 aromatic carbocycles. The molecular formula is C18H13Cl2N3O3S. The number of nitrogens with zero attached hydrogens (tertiary/aromatic N) is 1. The average Bonchev–Trinajstić information content (AvgIpc) is 2.64. The summed E-state index contributed by atoms with van der Waals surface area (Å²) in [7, 11) is -4.01. The zero-order valence-electron chi connectivity index (χ0n) is 13.7. The van der Waals surface area contributed by atoms with E-state index >= 15 is 0 Å². The minimum Gasteiger partial charge on any atom is -0.307 e. The highest BCUT2D eigenvalue weighted by Gasteiger charge is 2.20. The van der Waals surface area contributed by atoms with Crippen LogP contribution in [-0.4, -0.2) is 19.3 Å². The van der Waals surface area contributed by atoms with Crippen molar-refractivity contribution < 1.29 is 13.2 Å². The van der Waals surface area contributed by atoms with E-state index in [9.17, 15) is 13.2 Å². The zero-order chi connectivity index (χ0) is 19.4. The number of rotatable bonds is 5. The quantitative estimate of drug-likeness (QED) is 0.636. The fourth-order valence-corrected chi connectivity index (χ4v) is 3.92. The molecule has 0 radical (unpaired) electrons. The van der Waals surface area contributed by atoms with E-state index in [-0.39, 0.29) is 15.5 Å². The summed E-state index contributed by atoms with van der Waals surface area (Å²) in [4.78, 5) is 16.2. The van der Waals surface area contributed by atoms with Gasteiger partial charge in [-0.2, -0.15) is 0 Å². The largest absolute Gasteiger partial charge is 0.307 e. The van der Waals surface area contributed by atoms with Crippen LogP contribution in [0.3, 0.4) is 0 Å². The number of hydrogen-bond acceptors (Lipinski definition) is 4. The summed E-state index contributed by atoms with van der Waals surface area (Å²) >= 11 is 11.9. The lowest BCUT2D eigenvalue weighted by atomic mass is 10.2. The summed E-state index contributed by atoms with van der Waals surface area (Å²) in [5, 5.41) is 3.06. The van der Waals surface area contributed by atoms with Crippen LogP contribution in [0.1, 0.15) is 10.4 Å². The molecule has 0 aliphatic heterocycles. The Kier molecular flexibility index (Phi) is 5.65. The number of carbonyl (C=O) groups excluding carboxylic acids is 1. The van der Waals surface area contributed by atoms with Crippen molar-refractivity contribution in [3.05, 3.63) is 82.5 Å². The fourth-order valence-electron chi connectivity index (χ4n) is 2.20. The maximum atomic E-state index is 12.7. The number of halogens is 2. The normalized spacial score (nSPS) is 11.0. The highest BCUT2D eigenvalue weighted by atomic mass is 35.5. The van der Waals surface area contributed by atoms with Crippen LogP contribution in [0.25, 0.3) is 0 Å². The fraction of sp³-hybridized carbons (Fsp3) is 0. The molecule has 2 N–H and O–H groups in total. The van der Waals surface area contributed by atoms with Gasteiger partial charge < -0.3 is 5.32 Å². The van der Waals surface area contributed by atoms with E-state index in [0.717, 1.165) is 0 Å². The molecule has 138 valence electrons. The van der Waals surface area contributed by atoms with Crippen molar-refractivity contribution in [1.82, 2.24) is 4.98 Å². The summed E-state index contributed by atoms with van der Waals surface area (Å²) in [6.45, 7) is 0. The van der Waals surface area contributed by atoms with Crippen molar-refractivity contribution in [3.8, 4) is 0 Å². The van der Waals surface area contributed by atoms with Gasteiger partial charge in [-0.15, -0.1) is 0 Å². The molecule has 0 atom stereocenters. The van der Waals surface area contributed by atoms with E-state index < -0.39 is 15.9 Å². The molecule has 0 aliphatic rings. The summed E-state index contributed by atoms with van der Waals surface area (Å²) in [5.41, 5.74) is 0.445. The van der Waals surface area contributed by atoms with Gasteiger partial charge in [0, 0.05) is 22.5 Å². The SMILES string of the molecule is O=C(Nc1ccccn1)c1ccc(Cl)c(S(=O)(=O)Nc2ccc(Cl)cc2)c1. The first-order valence-electron chi connectivity index (χ1n) is 7.65. The smallest absolute Gasteiger partial charge is 0.263 e. The molecule has 1 amide bonds. The van der Waals surface area contributed by atoms with Crippen molar-refractivity contribution in [2.75, 3.05) is 10.0 Å². The molecule has 3 aromatic rings. The number of carbonyl (C=O) groups is 1. The van der Waals surface area contributed by atoms with E-state index in [2.05, 4.69) is 15.0 Å². The molecule has 6 nitrogen and oxygen atoms in total. The van der Waals surface area contributed by atoms with Gasteiger partial charge in [0.25, 0.3) is 15.9 Å². The molecule has 0 unspecified atom stereocenters. The van der Waals surface area contributed by atoms with E-state index in [1.54, 1.807) is 30.3 Å². The van der Waals surface area contributed by atoms with Gasteiger partial charge in [0.05, 0.1) is 5.02 Å². The van der Waals surface area contributed by atoms with Crippen molar-refractivity contribution >= 4 is 50.6 Å². The summed E-state index contributed by atoms with van der Waals surface area (Å²) in [6, 6.07) is 15.2. The van der Waals surface area contributed by atoms with Gasteiger partial charge >= 0.3 is 0 Å². The van der Waals surface area contributed by atoms with Crippen molar-refractivity contribution in [3.63, 3.8) is 0 Å². The Morgan fingerprint density at radius 3 is 2.37 bits per heavy atom. The van der Waals surface area contributed by atoms with Crippen molar-refractivity contribution in [2.24, 2.45) is 0 Å². The standard InChI is InChI=1S/C18H13Cl2N3O3S/c19-13-5-7-14(8-6-13)23-27(25,26)16-11-12(4-9-15(16)20)18(24)22-17-3-1-2-10-21-17/h1-11,23H,(H,21,22,24). The maximum Gasteiger partial charge on any atom is 0.263 e. The lowest BCUT2D eigenvalue weighted by Crippen LogP contribution is -2.16. The van der Waals surface area contributed by atoms with Crippen molar-refractivity contribution in [1.29, 1.82) is 0 Å². The van der Waals surface area contributed by atoms with Gasteiger partial charge in [0.2, 0.25) is 0 Å². The number of amides is 1. The van der Waals surface area contributed by atoms with Crippen LogP contribution in [0.4, 0.5) is 11.5 Å². The third-order valence-corrected chi connectivity index (χ3v) is 5.60. The summed E-state index contributed by atoms with van der Waals surface area (Å²) in [5.74, 6) is -0.158. The number of nitrogens with one attached hydrogen (secondary N) is 2. The molecule has 1 aromatic heterocycles. The van der Waals surface area contributed by atoms with Crippen molar-refractivity contribution in [2.45, 2.75) is 4.90 Å². The second-order valence-corrected chi connectivity index (χ2v) is 7.92. The summed E-state index contributed by atoms with van der Waals surface area (Å²) < 4.78 is 27.7. The van der Waals surface area contributed by atoms with Crippen LogP contribution in [-0.2, 0) is 10.0 Å². The van der Waals surface area contributed by atoms with Crippen LogP contribution in [0, 0.1) is 0 Å². The topological polar surface area (TPSA) is 88.2 Å². The van der Waals surface area contributed by atoms with Gasteiger partial charge in [-0.05, 0) is 54.6 Å². The molecule has 0 spiro atoms. The van der Waals surface area contributed by atoms with Gasteiger partial charge in [0.15, 0.2) is 0 Å². The Hall–Kier alpha value is -2.61. The molecule has 0 saturated carbocycles. The highest BCUT2D eigenvalue weighted by molar-refractivity contribution is 7.92. The molecule has 0 bridgehead atoms. The molecule has 3 rings (SSSR count). The van der Waals surface area contributed by atoms with E-state index in [1.807, 2.05) is 0 Å². The minimum atomic E-state index is -4.01. The second kappa shape index (κ2) is 7.96. The number of benzene rings is 2. The Labute approximate surface area is 166 Å². The third-order valence-electron chi connectivity index (χ3n) is 3.49. The zero-order valence-corrected chi connectivity index (χ0v) is 16.0. The summed E-state index contributed by atoms with van der Waals surface area (Å²) in [6.07, 6.45) is 1.53. The second-order valence-electron chi connectivity index (χ2n) is 5.43. The minimum absolute atomic E-state index is 0.00847. The number of pyridine rings is 1. The van der Waals surface area contributed by atoms with Crippen LogP contribution < -0.4 is 10.0 Å². The van der Waals surface area contributed by atoms with Crippen LogP contribution in [0.2, 0.25) is 10.0 Å². The number of anilines is 2. The lowest BCUT2D eigenvalue weighted by Gasteiger charge is -2.11. The van der Waals surface area contributed by atoms with E-state index in [4.69, 9.17) is 23.2 Å². The van der Waals surface area contributed by atoms with Gasteiger partial charge in [-0.3, -0.25) is 9.52 Å². The maximum absolute atomic E-state index is 12.7. The van der Waals surface area contributed by atoms with E-state index in [1.165, 1.54) is 36.5 Å². The molecule has 1 heterocycles. The number of sulfonamides is 1. The number of hydrogen-bond donors (Lipinski definition) is 2. The average molecular weight is 422 g/mol. The highest BCUT2D eigenvalue weighted by Crippen LogP contribution is 2.26. The first kappa shape index (κ1) is 19.2.